The Kier molecular flexibility index (Phi) is 6.16. The highest BCUT2D eigenvalue weighted by molar-refractivity contribution is 5.19. The number of nitrogens with one attached hydrogen (secondary N) is 1. The molecule has 0 saturated heterocycles. The van der Waals surface area contributed by atoms with E-state index < -0.39 is 0 Å². The van der Waals surface area contributed by atoms with E-state index in [1.54, 1.807) is 19.1 Å². The van der Waals surface area contributed by atoms with Crippen LogP contribution in [0.5, 0.6) is 0 Å². The molecule has 1 aromatic carbocycles. The topological polar surface area (TPSA) is 32.3 Å². The molecule has 0 fully saturated rings. The smallest absolute Gasteiger partial charge is 0.123 e. The van der Waals surface area contributed by atoms with E-state index in [1.165, 1.54) is 6.07 Å². The van der Waals surface area contributed by atoms with Crippen molar-refractivity contribution in [3.8, 4) is 0 Å². The Morgan fingerprint density at radius 1 is 1.41 bits per heavy atom. The molecule has 0 saturated carbocycles. The SMILES string of the molecule is CCC(NCCCC(C)O)c1cccc(F)c1. The van der Waals surface area contributed by atoms with Crippen molar-refractivity contribution < 1.29 is 9.50 Å². The highest BCUT2D eigenvalue weighted by Crippen LogP contribution is 2.17. The summed E-state index contributed by atoms with van der Waals surface area (Å²) in [4.78, 5) is 0. The van der Waals surface area contributed by atoms with Crippen molar-refractivity contribution in [1.82, 2.24) is 5.32 Å². The highest BCUT2D eigenvalue weighted by Gasteiger charge is 2.08. The maximum absolute atomic E-state index is 13.1. The summed E-state index contributed by atoms with van der Waals surface area (Å²) in [6.45, 7) is 4.72. The van der Waals surface area contributed by atoms with Crippen molar-refractivity contribution in [3.63, 3.8) is 0 Å². The monoisotopic (exact) mass is 239 g/mol. The number of benzene rings is 1. The third-order valence-corrected chi connectivity index (χ3v) is 2.85. The number of hydrogen-bond donors (Lipinski definition) is 2. The van der Waals surface area contributed by atoms with E-state index in [-0.39, 0.29) is 18.0 Å². The van der Waals surface area contributed by atoms with Crippen molar-refractivity contribution in [2.45, 2.75) is 45.3 Å². The molecule has 0 bridgehead atoms. The number of hydrogen-bond acceptors (Lipinski definition) is 2. The van der Waals surface area contributed by atoms with Crippen LogP contribution in [-0.4, -0.2) is 17.8 Å². The Morgan fingerprint density at radius 2 is 2.18 bits per heavy atom. The minimum atomic E-state index is -0.244. The Labute approximate surface area is 103 Å². The van der Waals surface area contributed by atoms with Gasteiger partial charge in [0.1, 0.15) is 5.82 Å². The zero-order valence-corrected chi connectivity index (χ0v) is 10.6. The molecule has 3 heteroatoms. The van der Waals surface area contributed by atoms with E-state index >= 15 is 0 Å². The van der Waals surface area contributed by atoms with Crippen molar-refractivity contribution in [2.24, 2.45) is 0 Å². The number of aliphatic hydroxyl groups excluding tert-OH is 1. The van der Waals surface area contributed by atoms with Crippen LogP contribution in [0.1, 0.15) is 44.7 Å². The van der Waals surface area contributed by atoms with Gasteiger partial charge >= 0.3 is 0 Å². The second kappa shape index (κ2) is 7.41. The van der Waals surface area contributed by atoms with Gasteiger partial charge in [-0.1, -0.05) is 19.1 Å². The predicted molar refractivity (Wildman–Crippen MR) is 68.3 cm³/mol. The molecule has 2 atom stereocenters. The van der Waals surface area contributed by atoms with Gasteiger partial charge in [0, 0.05) is 6.04 Å². The van der Waals surface area contributed by atoms with E-state index in [9.17, 15) is 4.39 Å². The van der Waals surface area contributed by atoms with E-state index in [0.29, 0.717) is 0 Å². The molecule has 0 radical (unpaired) electrons. The first kappa shape index (κ1) is 14.1. The average molecular weight is 239 g/mol. The molecule has 0 aliphatic heterocycles. The molecule has 0 spiro atoms. The van der Waals surface area contributed by atoms with E-state index in [2.05, 4.69) is 12.2 Å². The second-order valence-corrected chi connectivity index (χ2v) is 4.46. The zero-order chi connectivity index (χ0) is 12.7. The third kappa shape index (κ3) is 5.29. The fourth-order valence-corrected chi connectivity index (χ4v) is 1.89. The molecular weight excluding hydrogens is 217 g/mol. The standard InChI is InChI=1S/C14H22FNO/c1-3-14(16-9-5-6-11(2)17)12-7-4-8-13(15)10-12/h4,7-8,10-11,14,16-17H,3,5-6,9H2,1-2H3. The summed E-state index contributed by atoms with van der Waals surface area (Å²) in [6.07, 6.45) is 2.42. The average Bonchev–Trinajstić information content (AvgIpc) is 2.29. The summed E-state index contributed by atoms with van der Waals surface area (Å²) in [5.74, 6) is -0.188. The number of aliphatic hydroxyl groups is 1. The fourth-order valence-electron chi connectivity index (χ4n) is 1.89. The van der Waals surface area contributed by atoms with Gasteiger partial charge in [0.05, 0.1) is 6.10 Å². The lowest BCUT2D eigenvalue weighted by molar-refractivity contribution is 0.181. The maximum atomic E-state index is 13.1. The van der Waals surface area contributed by atoms with Gasteiger partial charge in [-0.2, -0.15) is 0 Å². The van der Waals surface area contributed by atoms with Gasteiger partial charge < -0.3 is 10.4 Å². The largest absolute Gasteiger partial charge is 0.393 e. The van der Waals surface area contributed by atoms with E-state index in [1.807, 2.05) is 6.07 Å². The summed E-state index contributed by atoms with van der Waals surface area (Å²) in [7, 11) is 0. The lowest BCUT2D eigenvalue weighted by atomic mass is 10.0. The van der Waals surface area contributed by atoms with Crippen LogP contribution < -0.4 is 5.32 Å². The van der Waals surface area contributed by atoms with Gasteiger partial charge in [0.2, 0.25) is 0 Å². The van der Waals surface area contributed by atoms with Gasteiger partial charge in [0.15, 0.2) is 0 Å². The summed E-state index contributed by atoms with van der Waals surface area (Å²) >= 11 is 0. The molecule has 0 aliphatic rings. The Hall–Kier alpha value is -0.930. The molecule has 0 aliphatic carbocycles. The Balaban J connectivity index is 2.43. The zero-order valence-electron chi connectivity index (χ0n) is 10.6. The molecule has 2 unspecified atom stereocenters. The second-order valence-electron chi connectivity index (χ2n) is 4.46. The van der Waals surface area contributed by atoms with Crippen molar-refractivity contribution in [1.29, 1.82) is 0 Å². The number of halogens is 1. The predicted octanol–water partition coefficient (Wildman–Crippen LogP) is 3.03. The Bertz CT molecular complexity index is 328. The van der Waals surface area contributed by atoms with Gasteiger partial charge in [-0.05, 0) is 50.4 Å². The Morgan fingerprint density at radius 3 is 2.76 bits per heavy atom. The van der Waals surface area contributed by atoms with Crippen LogP contribution >= 0.6 is 0 Å². The van der Waals surface area contributed by atoms with Crippen LogP contribution in [0.2, 0.25) is 0 Å². The highest BCUT2D eigenvalue weighted by atomic mass is 19.1. The molecular formula is C14H22FNO. The molecule has 1 rings (SSSR count). The van der Waals surface area contributed by atoms with Crippen molar-refractivity contribution >= 4 is 0 Å². The summed E-state index contributed by atoms with van der Waals surface area (Å²) in [6, 6.07) is 6.92. The van der Waals surface area contributed by atoms with E-state index in [0.717, 1.165) is 31.4 Å². The fraction of sp³-hybridized carbons (Fsp3) is 0.571. The van der Waals surface area contributed by atoms with Crippen LogP contribution in [0, 0.1) is 5.82 Å². The molecule has 2 N–H and O–H groups in total. The summed E-state index contributed by atoms with van der Waals surface area (Å²) in [5, 5.41) is 12.5. The van der Waals surface area contributed by atoms with Gasteiger partial charge in [-0.15, -0.1) is 0 Å². The quantitative estimate of drug-likeness (QED) is 0.717. The maximum Gasteiger partial charge on any atom is 0.123 e. The van der Waals surface area contributed by atoms with Crippen LogP contribution in [0.4, 0.5) is 4.39 Å². The molecule has 0 aromatic heterocycles. The molecule has 2 nitrogen and oxygen atoms in total. The van der Waals surface area contributed by atoms with Crippen LogP contribution in [0.25, 0.3) is 0 Å². The van der Waals surface area contributed by atoms with Gasteiger partial charge in [0.25, 0.3) is 0 Å². The lowest BCUT2D eigenvalue weighted by Crippen LogP contribution is -2.22. The van der Waals surface area contributed by atoms with Crippen molar-refractivity contribution in [3.05, 3.63) is 35.6 Å². The molecule has 96 valence electrons. The summed E-state index contributed by atoms with van der Waals surface area (Å²) in [5.41, 5.74) is 0.990. The number of rotatable bonds is 7. The van der Waals surface area contributed by atoms with Crippen LogP contribution in [0.3, 0.4) is 0 Å². The van der Waals surface area contributed by atoms with Gasteiger partial charge in [-0.3, -0.25) is 0 Å². The third-order valence-electron chi connectivity index (χ3n) is 2.85. The first-order valence-corrected chi connectivity index (χ1v) is 6.30. The van der Waals surface area contributed by atoms with Gasteiger partial charge in [-0.25, -0.2) is 4.39 Å². The van der Waals surface area contributed by atoms with E-state index in [4.69, 9.17) is 5.11 Å². The molecule has 1 aromatic rings. The lowest BCUT2D eigenvalue weighted by Gasteiger charge is -2.17. The molecule has 0 amide bonds. The minimum absolute atomic E-state index is 0.188. The normalized spacial score (nSPS) is 14.6. The molecule has 17 heavy (non-hydrogen) atoms. The first-order valence-electron chi connectivity index (χ1n) is 6.30. The van der Waals surface area contributed by atoms with Crippen LogP contribution in [-0.2, 0) is 0 Å². The minimum Gasteiger partial charge on any atom is -0.393 e. The summed E-state index contributed by atoms with van der Waals surface area (Å²) < 4.78 is 13.1. The molecule has 0 heterocycles. The first-order chi connectivity index (χ1) is 8.13. The van der Waals surface area contributed by atoms with Crippen LogP contribution in [0.15, 0.2) is 24.3 Å². The van der Waals surface area contributed by atoms with Crippen molar-refractivity contribution in [2.75, 3.05) is 6.54 Å².